The molecule has 0 fully saturated rings. The summed E-state index contributed by atoms with van der Waals surface area (Å²) < 4.78 is 14.2. The zero-order valence-corrected chi connectivity index (χ0v) is 13.0. The number of amides is 1. The third-order valence-electron chi connectivity index (χ3n) is 3.99. The second-order valence-electron chi connectivity index (χ2n) is 5.55. The number of carbonyl (C=O) groups excluding carboxylic acids is 1. The van der Waals surface area contributed by atoms with Crippen molar-refractivity contribution >= 4 is 17.3 Å². The van der Waals surface area contributed by atoms with Gasteiger partial charge in [-0.05, 0) is 36.8 Å². The van der Waals surface area contributed by atoms with Gasteiger partial charge in [0.25, 0.3) is 0 Å². The number of carbonyl (C=O) groups is 1. The van der Waals surface area contributed by atoms with E-state index >= 15 is 0 Å². The van der Waals surface area contributed by atoms with E-state index < -0.39 is 11.9 Å². The zero-order chi connectivity index (χ0) is 16.6. The molecule has 0 bridgehead atoms. The molecule has 2 aromatic carbocycles. The first-order valence-electron chi connectivity index (χ1n) is 7.37. The molecule has 0 aromatic heterocycles. The number of anilines is 1. The Morgan fingerprint density at radius 1 is 1.22 bits per heavy atom. The van der Waals surface area contributed by atoms with Gasteiger partial charge in [0.1, 0.15) is 12.4 Å². The second-order valence-corrected chi connectivity index (χ2v) is 5.55. The Morgan fingerprint density at radius 3 is 2.65 bits per heavy atom. The largest absolute Gasteiger partial charge is 0.389 e. The molecule has 0 spiro atoms. The molecule has 0 aliphatic carbocycles. The van der Waals surface area contributed by atoms with Crippen molar-refractivity contribution in [2.24, 2.45) is 4.99 Å². The summed E-state index contributed by atoms with van der Waals surface area (Å²) in [4.78, 5) is 18.0. The van der Waals surface area contributed by atoms with Crippen molar-refractivity contribution in [2.75, 3.05) is 18.5 Å². The lowest BCUT2D eigenvalue weighted by molar-refractivity contribution is -0.116. The Labute approximate surface area is 133 Å². The molecule has 1 N–H and O–H groups in total. The maximum atomic E-state index is 14.2. The van der Waals surface area contributed by atoms with Crippen LogP contribution in [0, 0.1) is 5.82 Å². The molecule has 5 heteroatoms. The van der Waals surface area contributed by atoms with Crippen LogP contribution in [0.15, 0.2) is 47.5 Å². The van der Waals surface area contributed by atoms with Crippen LogP contribution in [0.5, 0.6) is 0 Å². The van der Waals surface area contributed by atoms with Crippen molar-refractivity contribution in [3.05, 3.63) is 65.0 Å². The fourth-order valence-electron chi connectivity index (χ4n) is 2.65. The summed E-state index contributed by atoms with van der Waals surface area (Å²) in [5, 5.41) is 9.83. The molecule has 118 valence electrons. The maximum absolute atomic E-state index is 14.2. The Kier molecular flexibility index (Phi) is 3.96. The number of fused-ring (bicyclic) bond motifs is 1. The van der Waals surface area contributed by atoms with Crippen LogP contribution in [0.3, 0.4) is 0 Å². The zero-order valence-electron chi connectivity index (χ0n) is 13.0. The number of nitrogens with zero attached hydrogens (tertiary/aromatic N) is 2. The number of rotatable bonds is 2. The topological polar surface area (TPSA) is 52.9 Å². The minimum Gasteiger partial charge on any atom is -0.389 e. The van der Waals surface area contributed by atoms with Crippen LogP contribution in [0.25, 0.3) is 0 Å². The van der Waals surface area contributed by atoms with E-state index in [4.69, 9.17) is 0 Å². The van der Waals surface area contributed by atoms with Gasteiger partial charge in [-0.1, -0.05) is 18.2 Å². The molecule has 1 amide bonds. The van der Waals surface area contributed by atoms with Crippen LogP contribution < -0.4 is 4.90 Å². The van der Waals surface area contributed by atoms with Crippen LogP contribution in [-0.2, 0) is 4.79 Å². The lowest BCUT2D eigenvalue weighted by Gasteiger charge is -2.19. The van der Waals surface area contributed by atoms with Crippen LogP contribution in [-0.4, -0.2) is 30.3 Å². The third-order valence-corrected chi connectivity index (χ3v) is 3.99. The monoisotopic (exact) mass is 312 g/mol. The summed E-state index contributed by atoms with van der Waals surface area (Å²) >= 11 is 0. The van der Waals surface area contributed by atoms with Crippen molar-refractivity contribution in [3.63, 3.8) is 0 Å². The molecular weight excluding hydrogens is 295 g/mol. The molecule has 1 unspecified atom stereocenters. The van der Waals surface area contributed by atoms with Gasteiger partial charge in [0.05, 0.1) is 17.5 Å². The minimum atomic E-state index is -0.661. The lowest BCUT2D eigenvalue weighted by Crippen LogP contribution is -2.27. The number of hydrogen-bond donors (Lipinski definition) is 1. The minimum absolute atomic E-state index is 0.0428. The number of aliphatic hydroxyl groups excluding tert-OH is 1. The number of benzene rings is 2. The molecule has 2 aromatic rings. The van der Waals surface area contributed by atoms with E-state index in [0.717, 1.165) is 0 Å². The molecule has 1 aliphatic rings. The fourth-order valence-corrected chi connectivity index (χ4v) is 2.65. The first-order valence-corrected chi connectivity index (χ1v) is 7.37. The Hall–Kier alpha value is -2.53. The Bertz CT molecular complexity index is 799. The van der Waals surface area contributed by atoms with Gasteiger partial charge in [-0.15, -0.1) is 0 Å². The molecule has 3 rings (SSSR count). The van der Waals surface area contributed by atoms with Gasteiger partial charge in [-0.3, -0.25) is 9.79 Å². The number of likely N-dealkylation sites (N-methyl/N-ethyl adjacent to an activating group) is 1. The van der Waals surface area contributed by atoms with Gasteiger partial charge in [0.15, 0.2) is 0 Å². The summed E-state index contributed by atoms with van der Waals surface area (Å²) in [7, 11) is 1.67. The lowest BCUT2D eigenvalue weighted by atomic mass is 9.96. The smallest absolute Gasteiger partial charge is 0.248 e. The molecule has 1 aliphatic heterocycles. The highest BCUT2D eigenvalue weighted by Crippen LogP contribution is 2.29. The highest BCUT2D eigenvalue weighted by molar-refractivity contribution is 6.19. The van der Waals surface area contributed by atoms with Crippen LogP contribution in [0.2, 0.25) is 0 Å². The molecule has 0 radical (unpaired) electrons. The van der Waals surface area contributed by atoms with E-state index in [-0.39, 0.29) is 12.5 Å². The van der Waals surface area contributed by atoms with E-state index in [1.165, 1.54) is 11.0 Å². The average molecular weight is 312 g/mol. The van der Waals surface area contributed by atoms with Crippen molar-refractivity contribution in [1.29, 1.82) is 0 Å². The van der Waals surface area contributed by atoms with Crippen LogP contribution >= 0.6 is 0 Å². The van der Waals surface area contributed by atoms with Crippen molar-refractivity contribution < 1.29 is 14.3 Å². The molecule has 0 saturated heterocycles. The van der Waals surface area contributed by atoms with Gasteiger partial charge in [-0.2, -0.15) is 0 Å². The number of aliphatic imine (C=N–C) groups is 1. The van der Waals surface area contributed by atoms with Gasteiger partial charge in [-0.25, -0.2) is 4.39 Å². The van der Waals surface area contributed by atoms with E-state index in [2.05, 4.69) is 4.99 Å². The van der Waals surface area contributed by atoms with E-state index in [9.17, 15) is 14.3 Å². The van der Waals surface area contributed by atoms with Crippen LogP contribution in [0.4, 0.5) is 10.1 Å². The third kappa shape index (κ3) is 2.75. The molecule has 23 heavy (non-hydrogen) atoms. The molecular formula is C18H17FN2O2. The standard InChI is InChI=1S/C18H17FN2O2/c1-11(22)12-7-8-16-14(9-12)18(20-10-17(23)21(16)2)13-5-3-4-6-15(13)19/h3-9,11,22H,10H2,1-2H3. The summed E-state index contributed by atoms with van der Waals surface area (Å²) in [5.74, 6) is -0.556. The molecule has 0 saturated carbocycles. The normalized spacial score (nSPS) is 15.7. The SMILES string of the molecule is CC(O)c1ccc2c(c1)C(c1ccccc1F)=NCC(=O)N2C. The maximum Gasteiger partial charge on any atom is 0.248 e. The van der Waals surface area contributed by atoms with E-state index in [0.29, 0.717) is 28.1 Å². The number of hydrogen-bond acceptors (Lipinski definition) is 3. The predicted molar refractivity (Wildman–Crippen MR) is 87.4 cm³/mol. The second kappa shape index (κ2) is 5.93. The summed E-state index contributed by atoms with van der Waals surface area (Å²) in [6.45, 7) is 1.62. The number of benzodiazepines with no additional fused rings is 1. The van der Waals surface area contributed by atoms with Gasteiger partial charge >= 0.3 is 0 Å². The van der Waals surface area contributed by atoms with Gasteiger partial charge < -0.3 is 10.0 Å². The van der Waals surface area contributed by atoms with Crippen LogP contribution in [0.1, 0.15) is 29.7 Å². The van der Waals surface area contributed by atoms with Gasteiger partial charge in [0, 0.05) is 18.2 Å². The molecule has 1 atom stereocenters. The average Bonchev–Trinajstić information content (AvgIpc) is 2.66. The van der Waals surface area contributed by atoms with E-state index in [1.807, 2.05) is 0 Å². The molecule has 4 nitrogen and oxygen atoms in total. The Balaban J connectivity index is 2.25. The summed E-state index contributed by atoms with van der Waals surface area (Å²) in [5.41, 5.74) is 2.76. The van der Waals surface area contributed by atoms with Crippen molar-refractivity contribution in [1.82, 2.24) is 0 Å². The predicted octanol–water partition coefficient (Wildman–Crippen LogP) is 2.69. The summed E-state index contributed by atoms with van der Waals surface area (Å²) in [6, 6.07) is 11.6. The van der Waals surface area contributed by atoms with E-state index in [1.54, 1.807) is 50.4 Å². The first kappa shape index (κ1) is 15.4. The molecule has 1 heterocycles. The van der Waals surface area contributed by atoms with Crippen molar-refractivity contribution in [2.45, 2.75) is 13.0 Å². The van der Waals surface area contributed by atoms with Gasteiger partial charge in [0.2, 0.25) is 5.91 Å². The fraction of sp³-hybridized carbons (Fsp3) is 0.222. The Morgan fingerprint density at radius 2 is 1.96 bits per heavy atom. The summed E-state index contributed by atoms with van der Waals surface area (Å²) in [6.07, 6.45) is -0.661. The highest BCUT2D eigenvalue weighted by atomic mass is 19.1. The number of aliphatic hydroxyl groups is 1. The first-order chi connectivity index (χ1) is 11.0. The highest BCUT2D eigenvalue weighted by Gasteiger charge is 2.24. The van der Waals surface area contributed by atoms with Crippen molar-refractivity contribution in [3.8, 4) is 0 Å². The number of halogens is 1. The quantitative estimate of drug-likeness (QED) is 0.927.